The number of rotatable bonds is 4. The van der Waals surface area contributed by atoms with Gasteiger partial charge in [0.1, 0.15) is 11.4 Å². The number of benzene rings is 1. The average molecular weight is 358 g/mol. The molecule has 1 saturated heterocycles. The molecule has 2 aromatic rings. The average Bonchev–Trinajstić information content (AvgIpc) is 3.28. The van der Waals surface area contributed by atoms with Crippen molar-refractivity contribution >= 4 is 16.8 Å². The van der Waals surface area contributed by atoms with Gasteiger partial charge in [-0.25, -0.2) is 0 Å². The lowest BCUT2D eigenvalue weighted by molar-refractivity contribution is -0.0894. The summed E-state index contributed by atoms with van der Waals surface area (Å²) in [6.45, 7) is 0.715. The van der Waals surface area contributed by atoms with Crippen LogP contribution >= 0.6 is 0 Å². The Kier molecular flexibility index (Phi) is 4.40. The second kappa shape index (κ2) is 6.59. The number of likely N-dealkylation sites (tertiary alicyclic amines) is 1. The van der Waals surface area contributed by atoms with E-state index in [4.69, 9.17) is 14.2 Å². The largest absolute Gasteiger partial charge is 0.497 e. The number of methoxy groups -OCH3 is 3. The lowest BCUT2D eigenvalue weighted by Gasteiger charge is -2.43. The maximum Gasteiger partial charge on any atom is 0.270 e. The standard InChI is InChI=1S/C20H26N2O4/c1-24-14-4-5-16-13(10-14)11-17(21-16)19(23)22-9-8-20(26-3)7-6-15(25-2)12-18(20)22/h4-5,10-11,15,18,21H,6-9,12H2,1-3H3/t15?,18?,20-/m1/s1. The molecule has 0 spiro atoms. The van der Waals surface area contributed by atoms with E-state index in [1.165, 1.54) is 0 Å². The zero-order valence-electron chi connectivity index (χ0n) is 15.6. The smallest absolute Gasteiger partial charge is 0.270 e. The molecular formula is C20H26N2O4. The molecule has 26 heavy (non-hydrogen) atoms. The maximum absolute atomic E-state index is 13.2. The highest BCUT2D eigenvalue weighted by Gasteiger charge is 2.52. The molecule has 0 bridgehead atoms. The number of ether oxygens (including phenoxy) is 3. The Morgan fingerprint density at radius 3 is 2.81 bits per heavy atom. The first-order valence-electron chi connectivity index (χ1n) is 9.16. The van der Waals surface area contributed by atoms with Gasteiger partial charge in [0.25, 0.3) is 5.91 Å². The number of aromatic nitrogens is 1. The van der Waals surface area contributed by atoms with Crippen LogP contribution in [0.15, 0.2) is 24.3 Å². The van der Waals surface area contributed by atoms with E-state index in [1.54, 1.807) is 21.3 Å². The van der Waals surface area contributed by atoms with Gasteiger partial charge in [0.15, 0.2) is 0 Å². The molecule has 1 aliphatic carbocycles. The first kappa shape index (κ1) is 17.4. The van der Waals surface area contributed by atoms with E-state index in [9.17, 15) is 4.79 Å². The molecule has 6 nitrogen and oxygen atoms in total. The number of hydrogen-bond acceptors (Lipinski definition) is 4. The van der Waals surface area contributed by atoms with Crippen molar-refractivity contribution in [1.82, 2.24) is 9.88 Å². The number of aromatic amines is 1. The van der Waals surface area contributed by atoms with Crippen molar-refractivity contribution in [2.24, 2.45) is 0 Å². The van der Waals surface area contributed by atoms with Gasteiger partial charge >= 0.3 is 0 Å². The van der Waals surface area contributed by atoms with Crippen LogP contribution in [0.4, 0.5) is 0 Å². The molecule has 140 valence electrons. The van der Waals surface area contributed by atoms with Gasteiger partial charge in [-0.05, 0) is 49.9 Å². The molecule has 1 saturated carbocycles. The van der Waals surface area contributed by atoms with Gasteiger partial charge < -0.3 is 24.1 Å². The number of carbonyl (C=O) groups excluding carboxylic acids is 1. The Morgan fingerprint density at radius 1 is 1.23 bits per heavy atom. The van der Waals surface area contributed by atoms with E-state index >= 15 is 0 Å². The summed E-state index contributed by atoms with van der Waals surface area (Å²) in [6.07, 6.45) is 3.80. The molecule has 2 heterocycles. The number of nitrogens with one attached hydrogen (secondary N) is 1. The van der Waals surface area contributed by atoms with Crippen LogP contribution in [-0.2, 0) is 9.47 Å². The van der Waals surface area contributed by atoms with Gasteiger partial charge in [-0.2, -0.15) is 0 Å². The summed E-state index contributed by atoms with van der Waals surface area (Å²) < 4.78 is 16.8. The monoisotopic (exact) mass is 358 g/mol. The lowest BCUT2D eigenvalue weighted by Crippen LogP contribution is -2.53. The van der Waals surface area contributed by atoms with Crippen molar-refractivity contribution < 1.29 is 19.0 Å². The summed E-state index contributed by atoms with van der Waals surface area (Å²) in [4.78, 5) is 18.5. The Balaban J connectivity index is 1.63. The van der Waals surface area contributed by atoms with Crippen molar-refractivity contribution in [3.8, 4) is 5.75 Å². The number of carbonyl (C=O) groups is 1. The summed E-state index contributed by atoms with van der Waals surface area (Å²) in [5.74, 6) is 0.811. The molecule has 1 N–H and O–H groups in total. The van der Waals surface area contributed by atoms with E-state index in [2.05, 4.69) is 4.98 Å². The number of hydrogen-bond donors (Lipinski definition) is 1. The van der Waals surface area contributed by atoms with Gasteiger partial charge in [-0.1, -0.05) is 0 Å². The molecule has 3 atom stereocenters. The molecule has 1 aromatic heterocycles. The first-order valence-corrected chi connectivity index (χ1v) is 9.16. The third-order valence-corrected chi connectivity index (χ3v) is 6.19. The fraction of sp³-hybridized carbons (Fsp3) is 0.550. The van der Waals surface area contributed by atoms with Crippen molar-refractivity contribution in [2.45, 2.75) is 43.4 Å². The normalized spacial score (nSPS) is 28.3. The molecule has 1 aliphatic heterocycles. The minimum atomic E-state index is -0.236. The van der Waals surface area contributed by atoms with Crippen molar-refractivity contribution in [2.75, 3.05) is 27.9 Å². The van der Waals surface area contributed by atoms with Crippen LogP contribution in [0, 0.1) is 0 Å². The van der Waals surface area contributed by atoms with Gasteiger partial charge in [0.05, 0.1) is 24.9 Å². The topological polar surface area (TPSA) is 63.8 Å². The van der Waals surface area contributed by atoms with E-state index in [-0.39, 0.29) is 23.7 Å². The summed E-state index contributed by atoms with van der Waals surface area (Å²) in [7, 11) is 5.16. The van der Waals surface area contributed by atoms with Crippen LogP contribution in [0.1, 0.15) is 36.2 Å². The Morgan fingerprint density at radius 2 is 2.08 bits per heavy atom. The van der Waals surface area contributed by atoms with Gasteiger partial charge in [-0.3, -0.25) is 4.79 Å². The SMILES string of the molecule is COc1ccc2[nH]c(C(=O)N3CC[C@]4(OC)CCC(OC)CC34)cc2c1. The van der Waals surface area contributed by atoms with Gasteiger partial charge in [0.2, 0.25) is 0 Å². The number of nitrogens with zero attached hydrogens (tertiary/aromatic N) is 1. The molecule has 0 radical (unpaired) electrons. The fourth-order valence-electron chi connectivity index (χ4n) is 4.63. The molecule has 6 heteroatoms. The quantitative estimate of drug-likeness (QED) is 0.913. The number of amides is 1. The van der Waals surface area contributed by atoms with Crippen molar-refractivity contribution in [3.63, 3.8) is 0 Å². The van der Waals surface area contributed by atoms with Crippen molar-refractivity contribution in [3.05, 3.63) is 30.0 Å². The zero-order valence-corrected chi connectivity index (χ0v) is 15.6. The molecule has 1 aromatic carbocycles. The zero-order chi connectivity index (χ0) is 18.3. The third kappa shape index (κ3) is 2.68. The minimum absolute atomic E-state index is 0.0286. The third-order valence-electron chi connectivity index (χ3n) is 6.19. The summed E-state index contributed by atoms with van der Waals surface area (Å²) in [6, 6.07) is 7.73. The van der Waals surface area contributed by atoms with E-state index in [0.29, 0.717) is 12.2 Å². The lowest BCUT2D eigenvalue weighted by atomic mass is 9.79. The van der Waals surface area contributed by atoms with E-state index in [0.717, 1.165) is 42.3 Å². The predicted octanol–water partition coefficient (Wildman–Crippen LogP) is 2.98. The summed E-state index contributed by atoms with van der Waals surface area (Å²) in [5, 5.41) is 0.975. The highest BCUT2D eigenvalue weighted by molar-refractivity contribution is 5.98. The van der Waals surface area contributed by atoms with Crippen LogP contribution in [0.3, 0.4) is 0 Å². The van der Waals surface area contributed by atoms with Crippen molar-refractivity contribution in [1.29, 1.82) is 0 Å². The molecule has 2 aliphatic rings. The maximum atomic E-state index is 13.2. The second-order valence-electron chi connectivity index (χ2n) is 7.30. The highest BCUT2D eigenvalue weighted by Crippen LogP contribution is 2.43. The van der Waals surface area contributed by atoms with E-state index in [1.807, 2.05) is 29.2 Å². The fourth-order valence-corrected chi connectivity index (χ4v) is 4.63. The summed E-state index contributed by atoms with van der Waals surface area (Å²) >= 11 is 0. The molecular weight excluding hydrogens is 332 g/mol. The first-order chi connectivity index (χ1) is 12.6. The number of H-pyrrole nitrogens is 1. The predicted molar refractivity (Wildman–Crippen MR) is 98.7 cm³/mol. The second-order valence-corrected chi connectivity index (χ2v) is 7.30. The van der Waals surface area contributed by atoms with E-state index < -0.39 is 0 Å². The van der Waals surface area contributed by atoms with Gasteiger partial charge in [0, 0.05) is 31.7 Å². The Labute approximate surface area is 153 Å². The highest BCUT2D eigenvalue weighted by atomic mass is 16.5. The molecule has 4 rings (SSSR count). The summed E-state index contributed by atoms with van der Waals surface area (Å²) in [5.41, 5.74) is 1.31. The number of fused-ring (bicyclic) bond motifs is 2. The van der Waals surface area contributed by atoms with Crippen LogP contribution in [0.5, 0.6) is 5.75 Å². The molecule has 2 fully saturated rings. The van der Waals surface area contributed by atoms with Crippen LogP contribution in [-0.4, -0.2) is 61.4 Å². The van der Waals surface area contributed by atoms with Gasteiger partial charge in [-0.15, -0.1) is 0 Å². The Hall–Kier alpha value is -2.05. The minimum Gasteiger partial charge on any atom is -0.497 e. The Bertz CT molecular complexity index is 817. The molecule has 1 amide bonds. The van der Waals surface area contributed by atoms with Crippen LogP contribution < -0.4 is 4.74 Å². The molecule has 2 unspecified atom stereocenters. The van der Waals surface area contributed by atoms with Crippen LogP contribution in [0.2, 0.25) is 0 Å². The van der Waals surface area contributed by atoms with Crippen LogP contribution in [0.25, 0.3) is 10.9 Å².